The van der Waals surface area contributed by atoms with Crippen molar-refractivity contribution < 1.29 is 9.50 Å². The second-order valence-electron chi connectivity index (χ2n) is 10.7. The Morgan fingerprint density at radius 2 is 1.95 bits per heavy atom. The van der Waals surface area contributed by atoms with Gasteiger partial charge in [0.25, 0.3) is 0 Å². The van der Waals surface area contributed by atoms with Gasteiger partial charge in [-0.15, -0.1) is 0 Å². The number of benzene rings is 2. The molecule has 2 aromatic heterocycles. The van der Waals surface area contributed by atoms with Crippen LogP contribution in [0.15, 0.2) is 67.1 Å². The van der Waals surface area contributed by atoms with Crippen LogP contribution in [0.1, 0.15) is 25.8 Å². The third-order valence-corrected chi connectivity index (χ3v) is 7.93. The minimum Gasteiger partial charge on any atom is -0.395 e. The van der Waals surface area contributed by atoms with Crippen molar-refractivity contribution in [1.29, 1.82) is 0 Å². The number of nitrogens with one attached hydrogen (secondary N) is 1. The van der Waals surface area contributed by atoms with Gasteiger partial charge >= 0.3 is 0 Å². The van der Waals surface area contributed by atoms with Crippen molar-refractivity contribution in [3.8, 4) is 28.3 Å². The Labute approximate surface area is 217 Å². The molecule has 4 heterocycles. The molecular weight excluding hydrogens is 465 g/mol. The van der Waals surface area contributed by atoms with Gasteiger partial charge in [-0.05, 0) is 65.8 Å². The first-order chi connectivity index (χ1) is 18.0. The summed E-state index contributed by atoms with van der Waals surface area (Å²) < 4.78 is 17.9. The van der Waals surface area contributed by atoms with Crippen LogP contribution >= 0.6 is 0 Å². The quantitative estimate of drug-likeness (QED) is 0.333. The molecule has 2 N–H and O–H groups in total. The third-order valence-electron chi connectivity index (χ3n) is 7.93. The molecule has 2 aliphatic rings. The van der Waals surface area contributed by atoms with Crippen LogP contribution in [0.2, 0.25) is 0 Å². The molecule has 7 heteroatoms. The highest BCUT2D eigenvalue weighted by Crippen LogP contribution is 2.36. The van der Waals surface area contributed by atoms with Gasteiger partial charge in [0.1, 0.15) is 5.82 Å². The lowest BCUT2D eigenvalue weighted by Crippen LogP contribution is -2.40. The number of hydrogen-bond donors (Lipinski definition) is 2. The molecule has 0 radical (unpaired) electrons. The fourth-order valence-electron chi connectivity index (χ4n) is 5.69. The Hall–Kier alpha value is -3.42. The minimum atomic E-state index is -0.227. The maximum Gasteiger partial charge on any atom is 0.161 e. The van der Waals surface area contributed by atoms with Crippen LogP contribution in [0.5, 0.6) is 0 Å². The lowest BCUT2D eigenvalue weighted by atomic mass is 10.0. The van der Waals surface area contributed by atoms with Crippen LogP contribution in [0.3, 0.4) is 0 Å². The number of imidazole rings is 1. The van der Waals surface area contributed by atoms with Gasteiger partial charge in [0, 0.05) is 62.1 Å². The molecule has 2 atom stereocenters. The molecule has 0 saturated carbocycles. The number of nitrogens with zero attached hydrogens (tertiary/aromatic N) is 4. The minimum absolute atomic E-state index is 0.154. The standard InChI is InChI=1S/C30H34FN5O/c1-20(2)27(19-37)33-15-21-9-11-34(16-21)26-7-8-28-24(13-26)18-35-17-23(22-3-5-25(31)6-4-22)14-29(35)30-32-10-12-36(28)30/h3-8,10,12-14,17,20-21,27,33,37H,9,11,15-16,18-19H2,1-2H3/t21-,27?/m1/s1. The lowest BCUT2D eigenvalue weighted by molar-refractivity contribution is 0.206. The first kappa shape index (κ1) is 23.9. The number of halogens is 1. The summed E-state index contributed by atoms with van der Waals surface area (Å²) >= 11 is 0. The number of anilines is 1. The van der Waals surface area contributed by atoms with E-state index in [1.165, 1.54) is 23.4 Å². The molecule has 4 aromatic rings. The zero-order chi connectivity index (χ0) is 25.5. The van der Waals surface area contributed by atoms with E-state index < -0.39 is 0 Å². The van der Waals surface area contributed by atoms with E-state index in [2.05, 4.69) is 68.6 Å². The molecule has 6 nitrogen and oxygen atoms in total. The fraction of sp³-hybridized carbons (Fsp3) is 0.367. The van der Waals surface area contributed by atoms with Crippen molar-refractivity contribution in [3.05, 3.63) is 78.5 Å². The summed E-state index contributed by atoms with van der Waals surface area (Å²) in [5, 5.41) is 13.2. The fourth-order valence-corrected chi connectivity index (χ4v) is 5.69. The van der Waals surface area contributed by atoms with E-state index in [9.17, 15) is 9.50 Å². The number of aliphatic hydroxyl groups is 1. The summed E-state index contributed by atoms with van der Waals surface area (Å²) in [6.07, 6.45) is 7.17. The molecule has 6 rings (SSSR count). The van der Waals surface area contributed by atoms with E-state index in [-0.39, 0.29) is 18.5 Å². The molecule has 2 aliphatic heterocycles. The zero-order valence-electron chi connectivity index (χ0n) is 21.4. The van der Waals surface area contributed by atoms with Crippen molar-refractivity contribution in [2.75, 3.05) is 31.1 Å². The van der Waals surface area contributed by atoms with Crippen molar-refractivity contribution in [1.82, 2.24) is 19.4 Å². The Kier molecular flexibility index (Phi) is 6.34. The molecule has 2 aromatic carbocycles. The molecule has 0 bridgehead atoms. The van der Waals surface area contributed by atoms with Crippen molar-refractivity contribution in [2.24, 2.45) is 11.8 Å². The van der Waals surface area contributed by atoms with Gasteiger partial charge in [0.2, 0.25) is 0 Å². The molecule has 1 saturated heterocycles. The highest BCUT2D eigenvalue weighted by Gasteiger charge is 2.26. The lowest BCUT2D eigenvalue weighted by Gasteiger charge is -2.23. The summed E-state index contributed by atoms with van der Waals surface area (Å²) in [7, 11) is 0. The Balaban J connectivity index is 1.26. The molecule has 192 valence electrons. The van der Waals surface area contributed by atoms with Gasteiger partial charge in [-0.3, -0.25) is 4.57 Å². The molecule has 0 amide bonds. The maximum absolute atomic E-state index is 13.5. The van der Waals surface area contributed by atoms with Crippen molar-refractivity contribution in [3.63, 3.8) is 0 Å². The molecule has 1 unspecified atom stereocenters. The summed E-state index contributed by atoms with van der Waals surface area (Å²) in [5.41, 5.74) is 6.76. The van der Waals surface area contributed by atoms with E-state index in [1.807, 2.05) is 24.5 Å². The first-order valence-corrected chi connectivity index (χ1v) is 13.2. The highest BCUT2D eigenvalue weighted by molar-refractivity contribution is 5.72. The predicted octanol–water partition coefficient (Wildman–Crippen LogP) is 4.94. The smallest absolute Gasteiger partial charge is 0.161 e. The van der Waals surface area contributed by atoms with Crippen LogP contribution in [-0.4, -0.2) is 51.5 Å². The van der Waals surface area contributed by atoms with Gasteiger partial charge in [-0.1, -0.05) is 26.0 Å². The van der Waals surface area contributed by atoms with E-state index in [1.54, 1.807) is 0 Å². The molecule has 0 aliphatic carbocycles. The Morgan fingerprint density at radius 3 is 2.73 bits per heavy atom. The number of aromatic nitrogens is 3. The highest BCUT2D eigenvalue weighted by atomic mass is 19.1. The van der Waals surface area contributed by atoms with Crippen molar-refractivity contribution >= 4 is 5.69 Å². The first-order valence-electron chi connectivity index (χ1n) is 13.2. The van der Waals surface area contributed by atoms with Gasteiger partial charge in [0.15, 0.2) is 5.82 Å². The number of hydrogen-bond acceptors (Lipinski definition) is 4. The van der Waals surface area contributed by atoms with Gasteiger partial charge in [-0.2, -0.15) is 0 Å². The second kappa shape index (κ2) is 9.80. The van der Waals surface area contributed by atoms with E-state index in [4.69, 9.17) is 0 Å². The SMILES string of the molecule is CC(C)C(CO)NC[C@H]1CCN(c2ccc3c(c2)Cn2cc(-c4ccc(F)cc4)cc2-c2nccn2-3)C1. The number of aliphatic hydroxyl groups excluding tert-OH is 1. The second-order valence-corrected chi connectivity index (χ2v) is 10.7. The summed E-state index contributed by atoms with van der Waals surface area (Å²) in [5.74, 6) is 1.67. The monoisotopic (exact) mass is 499 g/mol. The maximum atomic E-state index is 13.5. The van der Waals surface area contributed by atoms with Crippen LogP contribution in [0, 0.1) is 17.7 Å². The van der Waals surface area contributed by atoms with E-state index in [0.29, 0.717) is 11.8 Å². The number of rotatable bonds is 7. The largest absolute Gasteiger partial charge is 0.395 e. The predicted molar refractivity (Wildman–Crippen MR) is 146 cm³/mol. The zero-order valence-corrected chi connectivity index (χ0v) is 21.4. The number of fused-ring (bicyclic) bond motifs is 5. The van der Waals surface area contributed by atoms with Crippen LogP contribution in [-0.2, 0) is 6.54 Å². The normalized spacial score (nSPS) is 17.4. The van der Waals surface area contributed by atoms with E-state index in [0.717, 1.165) is 60.9 Å². The Morgan fingerprint density at radius 1 is 1.11 bits per heavy atom. The van der Waals surface area contributed by atoms with E-state index >= 15 is 0 Å². The summed E-state index contributed by atoms with van der Waals surface area (Å²) in [4.78, 5) is 7.17. The topological polar surface area (TPSA) is 58.2 Å². The summed E-state index contributed by atoms with van der Waals surface area (Å²) in [6.45, 7) is 8.21. The van der Waals surface area contributed by atoms with Crippen molar-refractivity contribution in [2.45, 2.75) is 32.9 Å². The van der Waals surface area contributed by atoms with Gasteiger partial charge in [-0.25, -0.2) is 9.37 Å². The van der Waals surface area contributed by atoms with Gasteiger partial charge < -0.3 is 19.9 Å². The average molecular weight is 500 g/mol. The third kappa shape index (κ3) is 4.58. The molecule has 1 fully saturated rings. The molecule has 0 spiro atoms. The van der Waals surface area contributed by atoms with Gasteiger partial charge in [0.05, 0.1) is 18.0 Å². The van der Waals surface area contributed by atoms with Crippen LogP contribution < -0.4 is 10.2 Å². The summed E-state index contributed by atoms with van der Waals surface area (Å²) in [6, 6.07) is 15.7. The molecule has 37 heavy (non-hydrogen) atoms. The average Bonchev–Trinajstić information content (AvgIpc) is 3.63. The molecular formula is C30H34FN5O. The van der Waals surface area contributed by atoms with Crippen LogP contribution in [0.4, 0.5) is 10.1 Å². The van der Waals surface area contributed by atoms with Crippen LogP contribution in [0.25, 0.3) is 28.3 Å². The Bertz CT molecular complexity index is 1390.